The number of hydrogen-bond acceptors (Lipinski definition) is 4. The molecule has 0 fully saturated rings. The minimum absolute atomic E-state index is 0.129. The fraction of sp³-hybridized carbons (Fsp3) is 0.176. The molecule has 2 aromatic rings. The summed E-state index contributed by atoms with van der Waals surface area (Å²) in [6.45, 7) is -0.652. The average molecular weight is 335 g/mol. The standard InChI is InChI=1S/C17H15F2NO4/c1-23-14-4-2-3-11(7-14)17(22)24-10-16(21)20-9-12-5-6-13(18)8-15(12)19/h2-8H,9-10H2,1H3,(H,20,21). The largest absolute Gasteiger partial charge is 0.497 e. The normalized spacial score (nSPS) is 10.1. The molecule has 2 rings (SSSR count). The highest BCUT2D eigenvalue weighted by molar-refractivity contribution is 5.91. The van der Waals surface area contributed by atoms with Gasteiger partial charge in [-0.25, -0.2) is 13.6 Å². The van der Waals surface area contributed by atoms with Crippen molar-refractivity contribution in [1.82, 2.24) is 5.32 Å². The fourth-order valence-corrected chi connectivity index (χ4v) is 1.87. The second-order valence-corrected chi connectivity index (χ2v) is 4.82. The molecule has 0 heterocycles. The van der Waals surface area contributed by atoms with Gasteiger partial charge in [-0.2, -0.15) is 0 Å². The Balaban J connectivity index is 1.83. The molecule has 0 saturated heterocycles. The Hall–Kier alpha value is -2.96. The Morgan fingerprint density at radius 1 is 1.12 bits per heavy atom. The summed E-state index contributed by atoms with van der Waals surface area (Å²) in [5.74, 6) is -2.26. The van der Waals surface area contributed by atoms with E-state index in [9.17, 15) is 18.4 Å². The van der Waals surface area contributed by atoms with Gasteiger partial charge in [0.1, 0.15) is 17.4 Å². The Kier molecular flexibility index (Phi) is 5.83. The van der Waals surface area contributed by atoms with Gasteiger partial charge in [0.15, 0.2) is 6.61 Å². The van der Waals surface area contributed by atoms with E-state index in [2.05, 4.69) is 5.32 Å². The van der Waals surface area contributed by atoms with Crippen LogP contribution in [0.2, 0.25) is 0 Å². The molecule has 0 aromatic heterocycles. The van der Waals surface area contributed by atoms with Gasteiger partial charge >= 0.3 is 5.97 Å². The zero-order chi connectivity index (χ0) is 17.5. The van der Waals surface area contributed by atoms with Crippen LogP contribution >= 0.6 is 0 Å². The van der Waals surface area contributed by atoms with Crippen molar-refractivity contribution in [3.63, 3.8) is 0 Å². The van der Waals surface area contributed by atoms with E-state index in [0.29, 0.717) is 5.75 Å². The molecule has 0 aliphatic heterocycles. The van der Waals surface area contributed by atoms with Gasteiger partial charge in [0.2, 0.25) is 0 Å². The molecule has 0 atom stereocenters. The third-order valence-electron chi connectivity index (χ3n) is 3.13. The van der Waals surface area contributed by atoms with E-state index >= 15 is 0 Å². The maximum Gasteiger partial charge on any atom is 0.338 e. The summed E-state index contributed by atoms with van der Waals surface area (Å²) in [6, 6.07) is 9.34. The van der Waals surface area contributed by atoms with Crippen LogP contribution in [0.3, 0.4) is 0 Å². The van der Waals surface area contributed by atoms with Crippen LogP contribution in [-0.4, -0.2) is 25.6 Å². The van der Waals surface area contributed by atoms with Crippen LogP contribution in [0.4, 0.5) is 8.78 Å². The number of rotatable bonds is 6. The Labute approximate surface area is 137 Å². The van der Waals surface area contributed by atoms with Crippen molar-refractivity contribution in [3.05, 3.63) is 65.2 Å². The van der Waals surface area contributed by atoms with Crippen molar-refractivity contribution < 1.29 is 27.8 Å². The molecule has 7 heteroatoms. The van der Waals surface area contributed by atoms with E-state index in [1.807, 2.05) is 0 Å². The molecular weight excluding hydrogens is 320 g/mol. The molecule has 1 amide bonds. The van der Waals surface area contributed by atoms with Gasteiger partial charge < -0.3 is 14.8 Å². The van der Waals surface area contributed by atoms with Gasteiger partial charge in [-0.05, 0) is 24.3 Å². The number of esters is 1. The molecule has 0 bridgehead atoms. The quantitative estimate of drug-likeness (QED) is 0.824. The predicted octanol–water partition coefficient (Wildman–Crippen LogP) is 2.45. The minimum atomic E-state index is -0.760. The van der Waals surface area contributed by atoms with Gasteiger partial charge in [-0.1, -0.05) is 12.1 Å². The zero-order valence-corrected chi connectivity index (χ0v) is 12.8. The van der Waals surface area contributed by atoms with Gasteiger partial charge in [-0.3, -0.25) is 4.79 Å². The maximum atomic E-state index is 13.4. The van der Waals surface area contributed by atoms with Crippen molar-refractivity contribution in [3.8, 4) is 5.75 Å². The lowest BCUT2D eigenvalue weighted by molar-refractivity contribution is -0.124. The number of carbonyl (C=O) groups is 2. The summed E-state index contributed by atoms with van der Waals surface area (Å²) in [5.41, 5.74) is 0.371. The molecule has 1 N–H and O–H groups in total. The number of halogens is 2. The lowest BCUT2D eigenvalue weighted by Gasteiger charge is -2.08. The SMILES string of the molecule is COc1cccc(C(=O)OCC(=O)NCc2ccc(F)cc2F)c1. The third-order valence-corrected chi connectivity index (χ3v) is 3.13. The van der Waals surface area contributed by atoms with Crippen LogP contribution in [-0.2, 0) is 16.1 Å². The van der Waals surface area contributed by atoms with E-state index in [-0.39, 0.29) is 17.7 Å². The number of methoxy groups -OCH3 is 1. The smallest absolute Gasteiger partial charge is 0.338 e. The number of benzene rings is 2. The maximum absolute atomic E-state index is 13.4. The van der Waals surface area contributed by atoms with Crippen molar-refractivity contribution >= 4 is 11.9 Å². The van der Waals surface area contributed by atoms with Crippen LogP contribution in [0.5, 0.6) is 5.75 Å². The molecule has 5 nitrogen and oxygen atoms in total. The number of hydrogen-bond donors (Lipinski definition) is 1. The fourth-order valence-electron chi connectivity index (χ4n) is 1.87. The van der Waals surface area contributed by atoms with Gasteiger partial charge in [0, 0.05) is 18.2 Å². The second-order valence-electron chi connectivity index (χ2n) is 4.82. The lowest BCUT2D eigenvalue weighted by Crippen LogP contribution is -2.28. The summed E-state index contributed by atoms with van der Waals surface area (Å²) in [6.07, 6.45) is 0. The highest BCUT2D eigenvalue weighted by Gasteiger charge is 2.11. The van der Waals surface area contributed by atoms with E-state index in [1.54, 1.807) is 12.1 Å². The Morgan fingerprint density at radius 3 is 2.62 bits per heavy atom. The van der Waals surface area contributed by atoms with Crippen molar-refractivity contribution in [1.29, 1.82) is 0 Å². The minimum Gasteiger partial charge on any atom is -0.497 e. The zero-order valence-electron chi connectivity index (χ0n) is 12.8. The summed E-state index contributed by atoms with van der Waals surface area (Å²) in [5, 5.41) is 2.39. The lowest BCUT2D eigenvalue weighted by atomic mass is 10.2. The van der Waals surface area contributed by atoms with Crippen LogP contribution in [0.15, 0.2) is 42.5 Å². The molecule has 0 aliphatic carbocycles. The van der Waals surface area contributed by atoms with Crippen LogP contribution in [0.25, 0.3) is 0 Å². The first-order valence-electron chi connectivity index (χ1n) is 7.01. The topological polar surface area (TPSA) is 64.6 Å². The molecule has 0 saturated carbocycles. The molecule has 2 aromatic carbocycles. The average Bonchev–Trinajstić information content (AvgIpc) is 2.59. The first-order valence-corrected chi connectivity index (χ1v) is 7.01. The van der Waals surface area contributed by atoms with E-state index < -0.39 is 30.1 Å². The highest BCUT2D eigenvalue weighted by atomic mass is 19.1. The molecule has 0 unspecified atom stereocenters. The molecule has 0 aliphatic rings. The van der Waals surface area contributed by atoms with Crippen LogP contribution < -0.4 is 10.1 Å². The predicted molar refractivity (Wildman–Crippen MR) is 81.5 cm³/mol. The molecule has 0 radical (unpaired) electrons. The summed E-state index contributed by atoms with van der Waals surface area (Å²) >= 11 is 0. The van der Waals surface area contributed by atoms with Gasteiger partial charge in [0.25, 0.3) is 5.91 Å². The number of ether oxygens (including phenoxy) is 2. The first kappa shape index (κ1) is 17.4. The van der Waals surface area contributed by atoms with Crippen molar-refractivity contribution in [2.75, 3.05) is 13.7 Å². The van der Waals surface area contributed by atoms with Gasteiger partial charge in [-0.15, -0.1) is 0 Å². The van der Waals surface area contributed by atoms with E-state index in [0.717, 1.165) is 12.1 Å². The number of amides is 1. The molecular formula is C17H15F2NO4. The summed E-state index contributed by atoms with van der Waals surface area (Å²) < 4.78 is 36.1. The van der Waals surface area contributed by atoms with E-state index in [4.69, 9.17) is 9.47 Å². The molecule has 126 valence electrons. The Bertz CT molecular complexity index is 749. The number of carbonyl (C=O) groups excluding carboxylic acids is 2. The highest BCUT2D eigenvalue weighted by Crippen LogP contribution is 2.13. The van der Waals surface area contributed by atoms with Crippen molar-refractivity contribution in [2.24, 2.45) is 0 Å². The van der Waals surface area contributed by atoms with Crippen molar-refractivity contribution in [2.45, 2.75) is 6.54 Å². The van der Waals surface area contributed by atoms with Gasteiger partial charge in [0.05, 0.1) is 12.7 Å². The third kappa shape index (κ3) is 4.77. The summed E-state index contributed by atoms with van der Waals surface area (Å²) in [7, 11) is 1.46. The monoisotopic (exact) mass is 335 g/mol. The first-order chi connectivity index (χ1) is 11.5. The van der Waals surface area contributed by atoms with Crippen LogP contribution in [0, 0.1) is 11.6 Å². The molecule has 0 spiro atoms. The molecule has 24 heavy (non-hydrogen) atoms. The second kappa shape index (κ2) is 8.05. The van der Waals surface area contributed by atoms with Crippen LogP contribution in [0.1, 0.15) is 15.9 Å². The number of nitrogens with one attached hydrogen (secondary N) is 1. The summed E-state index contributed by atoms with van der Waals surface area (Å²) in [4.78, 5) is 23.5. The Morgan fingerprint density at radius 2 is 1.92 bits per heavy atom. The van der Waals surface area contributed by atoms with E-state index in [1.165, 1.54) is 25.3 Å².